The summed E-state index contributed by atoms with van der Waals surface area (Å²) in [5.41, 5.74) is 1.99. The smallest absolute Gasteiger partial charge is 0.308 e. The molecule has 0 aliphatic heterocycles. The standard InChI is InChI=1S/C16H21NO2/c1-12-5-6-13-7-9-17(14(13)11-12)10-8-15(18)19-16(2,3)4/h5-7,9,11H,8,10H2,1-4H3. The van der Waals surface area contributed by atoms with Crippen molar-refractivity contribution in [3.05, 3.63) is 36.0 Å². The maximum Gasteiger partial charge on any atom is 0.308 e. The average molecular weight is 259 g/mol. The first-order chi connectivity index (χ1) is 8.85. The lowest BCUT2D eigenvalue weighted by molar-refractivity contribution is -0.155. The maximum absolute atomic E-state index is 11.7. The Morgan fingerprint density at radius 1 is 1.26 bits per heavy atom. The van der Waals surface area contributed by atoms with Crippen molar-refractivity contribution in [1.82, 2.24) is 4.57 Å². The first kappa shape index (κ1) is 13.7. The van der Waals surface area contributed by atoms with Crippen LogP contribution in [-0.2, 0) is 16.1 Å². The molecule has 0 spiro atoms. The van der Waals surface area contributed by atoms with Gasteiger partial charge in [-0.15, -0.1) is 0 Å². The molecule has 0 radical (unpaired) electrons. The summed E-state index contributed by atoms with van der Waals surface area (Å²) in [6, 6.07) is 8.42. The van der Waals surface area contributed by atoms with Gasteiger partial charge in [0.25, 0.3) is 0 Å². The quantitative estimate of drug-likeness (QED) is 0.787. The molecular weight excluding hydrogens is 238 g/mol. The van der Waals surface area contributed by atoms with Crippen LogP contribution in [0.4, 0.5) is 0 Å². The van der Waals surface area contributed by atoms with E-state index in [0.29, 0.717) is 13.0 Å². The predicted molar refractivity (Wildman–Crippen MR) is 77.1 cm³/mol. The van der Waals surface area contributed by atoms with E-state index in [4.69, 9.17) is 4.74 Å². The van der Waals surface area contributed by atoms with E-state index in [9.17, 15) is 4.79 Å². The van der Waals surface area contributed by atoms with Gasteiger partial charge in [0, 0.05) is 18.3 Å². The first-order valence-electron chi connectivity index (χ1n) is 6.62. The molecule has 0 saturated carbocycles. The lowest BCUT2D eigenvalue weighted by Gasteiger charge is -2.19. The highest BCUT2D eigenvalue weighted by atomic mass is 16.6. The van der Waals surface area contributed by atoms with Gasteiger partial charge in [-0.1, -0.05) is 12.1 Å². The summed E-state index contributed by atoms with van der Waals surface area (Å²) in [5, 5.41) is 1.20. The number of rotatable bonds is 3. The van der Waals surface area contributed by atoms with Crippen LogP contribution in [0.15, 0.2) is 30.5 Å². The molecular formula is C16H21NO2. The van der Waals surface area contributed by atoms with Crippen molar-refractivity contribution in [1.29, 1.82) is 0 Å². The van der Waals surface area contributed by atoms with Crippen molar-refractivity contribution in [3.8, 4) is 0 Å². The van der Waals surface area contributed by atoms with Gasteiger partial charge in [0.15, 0.2) is 0 Å². The number of benzene rings is 1. The second-order valence-corrected chi connectivity index (χ2v) is 5.91. The Hall–Kier alpha value is -1.77. The summed E-state index contributed by atoms with van der Waals surface area (Å²) in [6.45, 7) is 8.39. The van der Waals surface area contributed by atoms with E-state index in [1.807, 2.05) is 27.0 Å². The molecule has 0 amide bonds. The first-order valence-corrected chi connectivity index (χ1v) is 6.62. The van der Waals surface area contributed by atoms with E-state index in [0.717, 1.165) is 0 Å². The molecule has 0 saturated heterocycles. The van der Waals surface area contributed by atoms with Crippen molar-refractivity contribution >= 4 is 16.9 Å². The highest BCUT2D eigenvalue weighted by Crippen LogP contribution is 2.18. The summed E-state index contributed by atoms with van der Waals surface area (Å²) < 4.78 is 7.42. The van der Waals surface area contributed by atoms with Gasteiger partial charge >= 0.3 is 5.97 Å². The molecule has 1 heterocycles. The van der Waals surface area contributed by atoms with Crippen LogP contribution in [0.3, 0.4) is 0 Å². The summed E-state index contributed by atoms with van der Waals surface area (Å²) in [5.74, 6) is -0.151. The molecule has 0 unspecified atom stereocenters. The number of ether oxygens (including phenoxy) is 1. The number of aryl methyl sites for hydroxylation is 2. The van der Waals surface area contributed by atoms with Gasteiger partial charge < -0.3 is 9.30 Å². The van der Waals surface area contributed by atoms with E-state index in [2.05, 4.69) is 35.8 Å². The minimum atomic E-state index is -0.410. The highest BCUT2D eigenvalue weighted by Gasteiger charge is 2.16. The Bertz CT molecular complexity index is 590. The van der Waals surface area contributed by atoms with Crippen molar-refractivity contribution in [2.45, 2.75) is 46.3 Å². The van der Waals surface area contributed by atoms with E-state index < -0.39 is 5.60 Å². The van der Waals surface area contributed by atoms with Crippen LogP contribution >= 0.6 is 0 Å². The minimum absolute atomic E-state index is 0.151. The monoisotopic (exact) mass is 259 g/mol. The molecule has 0 N–H and O–H groups in total. The zero-order valence-corrected chi connectivity index (χ0v) is 12.1. The zero-order valence-electron chi connectivity index (χ0n) is 12.1. The van der Waals surface area contributed by atoms with E-state index in [1.54, 1.807) is 0 Å². The number of esters is 1. The van der Waals surface area contributed by atoms with Gasteiger partial charge in [-0.25, -0.2) is 0 Å². The summed E-state index contributed by atoms with van der Waals surface area (Å²) >= 11 is 0. The van der Waals surface area contributed by atoms with Gasteiger partial charge in [-0.2, -0.15) is 0 Å². The molecule has 1 aromatic heterocycles. The SMILES string of the molecule is Cc1ccc2ccn(CCC(=O)OC(C)(C)C)c2c1. The van der Waals surface area contributed by atoms with Crippen LogP contribution in [0.25, 0.3) is 10.9 Å². The van der Waals surface area contributed by atoms with Crippen LogP contribution in [0.2, 0.25) is 0 Å². The number of fused-ring (bicyclic) bond motifs is 1. The lowest BCUT2D eigenvalue weighted by Crippen LogP contribution is -2.24. The summed E-state index contributed by atoms with van der Waals surface area (Å²) in [4.78, 5) is 11.7. The van der Waals surface area contributed by atoms with Crippen molar-refractivity contribution < 1.29 is 9.53 Å². The number of nitrogens with zero attached hydrogens (tertiary/aromatic N) is 1. The molecule has 19 heavy (non-hydrogen) atoms. The maximum atomic E-state index is 11.7. The van der Waals surface area contributed by atoms with Crippen LogP contribution in [0, 0.1) is 6.92 Å². The van der Waals surface area contributed by atoms with Crippen molar-refractivity contribution in [2.24, 2.45) is 0 Å². The fraction of sp³-hybridized carbons (Fsp3) is 0.438. The number of carbonyl (C=O) groups is 1. The Morgan fingerprint density at radius 2 is 2.00 bits per heavy atom. The Morgan fingerprint density at radius 3 is 2.68 bits per heavy atom. The molecule has 3 heteroatoms. The Balaban J connectivity index is 2.06. The van der Waals surface area contributed by atoms with E-state index in [-0.39, 0.29) is 5.97 Å². The molecule has 2 rings (SSSR count). The fourth-order valence-electron chi connectivity index (χ4n) is 2.09. The van der Waals surface area contributed by atoms with Crippen molar-refractivity contribution in [3.63, 3.8) is 0 Å². The predicted octanol–water partition coefficient (Wildman–Crippen LogP) is 3.68. The number of hydrogen-bond acceptors (Lipinski definition) is 2. The molecule has 3 nitrogen and oxygen atoms in total. The van der Waals surface area contributed by atoms with Gasteiger partial charge in [0.1, 0.15) is 5.60 Å². The van der Waals surface area contributed by atoms with Crippen LogP contribution in [0.1, 0.15) is 32.8 Å². The molecule has 102 valence electrons. The summed E-state index contributed by atoms with van der Waals surface area (Å²) in [6.07, 6.45) is 2.42. The highest BCUT2D eigenvalue weighted by molar-refractivity contribution is 5.81. The third-order valence-corrected chi connectivity index (χ3v) is 2.91. The molecule has 0 aliphatic carbocycles. The van der Waals surface area contributed by atoms with Crippen LogP contribution in [0.5, 0.6) is 0 Å². The minimum Gasteiger partial charge on any atom is -0.460 e. The lowest BCUT2D eigenvalue weighted by atomic mass is 10.2. The van der Waals surface area contributed by atoms with Gasteiger partial charge in [0.2, 0.25) is 0 Å². The van der Waals surface area contributed by atoms with Gasteiger partial charge in [0.05, 0.1) is 6.42 Å². The number of carbonyl (C=O) groups excluding carboxylic acids is 1. The second-order valence-electron chi connectivity index (χ2n) is 5.91. The third kappa shape index (κ3) is 3.60. The fourth-order valence-corrected chi connectivity index (χ4v) is 2.09. The zero-order chi connectivity index (χ0) is 14.0. The topological polar surface area (TPSA) is 31.2 Å². The normalized spacial score (nSPS) is 11.8. The Kier molecular flexibility index (Phi) is 3.65. The van der Waals surface area contributed by atoms with E-state index in [1.165, 1.54) is 16.5 Å². The number of aromatic nitrogens is 1. The molecule has 2 aromatic rings. The van der Waals surface area contributed by atoms with Crippen LogP contribution in [-0.4, -0.2) is 16.1 Å². The molecule has 0 aliphatic rings. The molecule has 1 aromatic carbocycles. The Labute approximate surface area is 114 Å². The second kappa shape index (κ2) is 5.08. The largest absolute Gasteiger partial charge is 0.460 e. The summed E-state index contributed by atoms with van der Waals surface area (Å²) in [7, 11) is 0. The number of hydrogen-bond donors (Lipinski definition) is 0. The van der Waals surface area contributed by atoms with Crippen molar-refractivity contribution in [2.75, 3.05) is 0 Å². The average Bonchev–Trinajstić information content (AvgIpc) is 2.66. The van der Waals surface area contributed by atoms with Crippen LogP contribution < -0.4 is 0 Å². The van der Waals surface area contributed by atoms with Gasteiger partial charge in [-0.05, 0) is 50.8 Å². The molecule has 0 bridgehead atoms. The van der Waals surface area contributed by atoms with Gasteiger partial charge in [-0.3, -0.25) is 4.79 Å². The van der Waals surface area contributed by atoms with E-state index >= 15 is 0 Å². The molecule has 0 fully saturated rings. The molecule has 0 atom stereocenters. The third-order valence-electron chi connectivity index (χ3n) is 2.91.